The highest BCUT2D eigenvalue weighted by Crippen LogP contribution is 2.42. The standard InChI is InChI=1S/C34H42N2O5.2C31H33NO2/c1-34(2,3)41-33(39)36-21-19-35(20-22-36)23-25-40-30-17-13-28(14-18-30)32(27-11-15-29(38)16-12-27)31(10-7-24-37)26-8-5-4-6-9-26;33-21-5-10-30(25-6-2-1-3-7-25)31(27-8-4-9-29(34)22-27)26-13-11-23(12-14-26)24-17-19-32(20-18-24)28-15-16-28;33-22-4-7-30(25-5-2-1-3-6-25)31(27-12-16-29(34)17-13-27)26-10-8-23(9-11-26)24-18-20-32(21-19-24)28-14-15-28/h4-6,8-9,11-18,37-38H,7,10,19-25H2,1-3H3;1-4,6-9,11-14,17,22,28,33-34H,5,10,15-16,18-21H2;1-3,5-6,8-13,16-18,28,33-34H,4,7,14-15,19-22H2/b32-31-;2*31-30+. The van der Waals surface area contributed by atoms with Crippen LogP contribution in [0.4, 0.5) is 4.79 Å². The van der Waals surface area contributed by atoms with E-state index in [1.807, 2.05) is 99.6 Å². The maximum absolute atomic E-state index is 12.3. The number of phenolic OH excluding ortho intramolecular Hbond substituents is 3. The summed E-state index contributed by atoms with van der Waals surface area (Å²) in [5.41, 5.74) is 21.7. The fraction of sp³-hybridized carbons (Fsp3) is 0.323. The topological polar surface area (TPSA) is 170 Å². The van der Waals surface area contributed by atoms with Gasteiger partial charge in [0, 0.05) is 90.8 Å². The third-order valence-corrected chi connectivity index (χ3v) is 21.0. The van der Waals surface area contributed by atoms with Crippen molar-refractivity contribution in [2.24, 2.45) is 0 Å². The highest BCUT2D eigenvalue weighted by molar-refractivity contribution is 6.01. The molecule has 5 aliphatic rings. The number of phenols is 3. The van der Waals surface area contributed by atoms with E-state index in [1.54, 1.807) is 35.2 Å². The molecule has 3 fully saturated rings. The molecule has 0 unspecified atom stereocenters. The monoisotopic (exact) mass is 1460 g/mol. The zero-order chi connectivity index (χ0) is 75.9. The molecule has 9 aromatic carbocycles. The third kappa shape index (κ3) is 22.3. The van der Waals surface area contributed by atoms with E-state index in [-0.39, 0.29) is 43.2 Å². The lowest BCUT2D eigenvalue weighted by molar-refractivity contribution is 0.0137. The van der Waals surface area contributed by atoms with E-state index < -0.39 is 5.60 Å². The Morgan fingerprint density at radius 3 is 1.12 bits per heavy atom. The second-order valence-electron chi connectivity index (χ2n) is 30.0. The van der Waals surface area contributed by atoms with E-state index in [0.29, 0.717) is 39.0 Å². The molecule has 0 radical (unpaired) electrons. The van der Waals surface area contributed by atoms with Crippen LogP contribution in [0.3, 0.4) is 0 Å². The van der Waals surface area contributed by atoms with Gasteiger partial charge in [-0.1, -0.05) is 200 Å². The molecule has 0 atom stereocenters. The molecule has 2 aliphatic carbocycles. The SMILES string of the molecule is CC(C)(C)OC(=O)N1CCN(CCOc2ccc(/C(=C(/CCCO)c3ccccc3)c3ccc(O)cc3)cc2)CC1.OCCC/C(=C(/c1ccc(C2=CCN(C3CC3)CC2)cc1)c1cccc(O)c1)c1ccccc1.OCCC/C(=C(\c1ccc(O)cc1)c1ccc(C2=CCN(C3CC3)CC2)cc1)c1ccccc1. The number of nitrogens with zero attached hydrogens (tertiary/aromatic N) is 4. The number of carbonyl (C=O) groups excluding carboxylic acids is 1. The van der Waals surface area contributed by atoms with Crippen LogP contribution in [0.1, 0.15) is 159 Å². The van der Waals surface area contributed by atoms with Crippen molar-refractivity contribution in [3.05, 3.63) is 310 Å². The number of aliphatic hydroxyl groups is 3. The van der Waals surface area contributed by atoms with Gasteiger partial charge >= 0.3 is 6.09 Å². The van der Waals surface area contributed by atoms with Crippen molar-refractivity contribution in [3.8, 4) is 23.0 Å². The quantitative estimate of drug-likeness (QED) is 0.0284. The van der Waals surface area contributed by atoms with Crippen molar-refractivity contribution in [2.75, 3.05) is 85.3 Å². The van der Waals surface area contributed by atoms with Crippen molar-refractivity contribution in [1.82, 2.24) is 19.6 Å². The summed E-state index contributed by atoms with van der Waals surface area (Å²) in [6.45, 7) is 14.7. The molecule has 1 amide bonds. The van der Waals surface area contributed by atoms with Crippen LogP contribution in [-0.2, 0) is 4.74 Å². The molecule has 6 N–H and O–H groups in total. The van der Waals surface area contributed by atoms with E-state index in [1.165, 1.54) is 64.7 Å². The normalized spacial score (nSPS) is 16.4. The van der Waals surface area contributed by atoms with Gasteiger partial charge in [-0.25, -0.2) is 4.79 Å². The lowest BCUT2D eigenvalue weighted by Crippen LogP contribution is -2.50. The van der Waals surface area contributed by atoms with Crippen LogP contribution in [0.5, 0.6) is 23.0 Å². The van der Waals surface area contributed by atoms with Gasteiger partial charge in [0.1, 0.15) is 35.2 Å². The number of ether oxygens (including phenoxy) is 2. The molecular formula is C96H108N4O9. The summed E-state index contributed by atoms with van der Waals surface area (Å²) < 4.78 is 11.6. The van der Waals surface area contributed by atoms with Gasteiger partial charge < -0.3 is 45.0 Å². The molecule has 1 saturated heterocycles. The number of piperazine rings is 1. The number of allylic oxidation sites excluding steroid dienone is 3. The largest absolute Gasteiger partial charge is 0.508 e. The number of rotatable bonds is 26. The average molecular weight is 1460 g/mol. The second kappa shape index (κ2) is 38.8. The number of hydrogen-bond acceptors (Lipinski definition) is 12. The highest BCUT2D eigenvalue weighted by atomic mass is 16.6. The summed E-state index contributed by atoms with van der Waals surface area (Å²) in [6, 6.07) is 80.9. The molecule has 0 spiro atoms. The summed E-state index contributed by atoms with van der Waals surface area (Å²) in [7, 11) is 0. The van der Waals surface area contributed by atoms with Gasteiger partial charge in [-0.2, -0.15) is 0 Å². The van der Waals surface area contributed by atoms with Gasteiger partial charge in [0.25, 0.3) is 0 Å². The van der Waals surface area contributed by atoms with Gasteiger partial charge in [-0.3, -0.25) is 14.7 Å². The molecular weight excluding hydrogens is 1350 g/mol. The van der Waals surface area contributed by atoms with Crippen molar-refractivity contribution in [2.45, 2.75) is 116 Å². The van der Waals surface area contributed by atoms with Crippen LogP contribution >= 0.6 is 0 Å². The van der Waals surface area contributed by atoms with E-state index in [0.717, 1.165) is 163 Å². The summed E-state index contributed by atoms with van der Waals surface area (Å²) >= 11 is 0. The first-order valence-corrected chi connectivity index (χ1v) is 39.3. The van der Waals surface area contributed by atoms with Crippen LogP contribution in [0.25, 0.3) is 44.6 Å². The van der Waals surface area contributed by atoms with E-state index in [9.17, 15) is 35.4 Å². The fourth-order valence-corrected chi connectivity index (χ4v) is 15.0. The zero-order valence-corrected chi connectivity index (χ0v) is 63.7. The lowest BCUT2D eigenvalue weighted by atomic mass is 9.86. The minimum Gasteiger partial charge on any atom is -0.508 e. The number of amides is 1. The first-order valence-electron chi connectivity index (χ1n) is 39.3. The number of carbonyl (C=O) groups is 1. The molecule has 9 aromatic rings. The first-order chi connectivity index (χ1) is 53.2. The Kier molecular flexibility index (Phi) is 28.0. The van der Waals surface area contributed by atoms with Crippen molar-refractivity contribution in [1.29, 1.82) is 0 Å². The van der Waals surface area contributed by atoms with Crippen molar-refractivity contribution in [3.63, 3.8) is 0 Å². The maximum Gasteiger partial charge on any atom is 0.410 e. The predicted molar refractivity (Wildman–Crippen MR) is 444 cm³/mol. The van der Waals surface area contributed by atoms with Gasteiger partial charge in [-0.05, 0) is 252 Å². The van der Waals surface area contributed by atoms with Gasteiger partial charge in [0.15, 0.2) is 0 Å². The van der Waals surface area contributed by atoms with E-state index in [4.69, 9.17) is 9.47 Å². The van der Waals surface area contributed by atoms with Crippen LogP contribution in [0.15, 0.2) is 249 Å². The van der Waals surface area contributed by atoms with Crippen molar-refractivity contribution < 1.29 is 44.9 Å². The van der Waals surface area contributed by atoms with Crippen LogP contribution in [0.2, 0.25) is 0 Å². The summed E-state index contributed by atoms with van der Waals surface area (Å²) in [4.78, 5) is 21.6. The molecule has 13 nitrogen and oxygen atoms in total. The molecule has 13 heteroatoms. The third-order valence-electron chi connectivity index (χ3n) is 21.0. The molecule has 14 rings (SSSR count). The van der Waals surface area contributed by atoms with Crippen LogP contribution in [0, 0.1) is 0 Å². The summed E-state index contributed by atoms with van der Waals surface area (Å²) in [6.07, 6.45) is 16.5. The predicted octanol–water partition coefficient (Wildman–Crippen LogP) is 18.8. The Morgan fingerprint density at radius 1 is 0.404 bits per heavy atom. The highest BCUT2D eigenvalue weighted by Gasteiger charge is 2.32. The zero-order valence-electron chi connectivity index (χ0n) is 63.7. The first kappa shape index (κ1) is 78.5. The second-order valence-corrected chi connectivity index (χ2v) is 30.0. The van der Waals surface area contributed by atoms with Gasteiger partial charge in [0.05, 0.1) is 0 Å². The van der Waals surface area contributed by atoms with Gasteiger partial charge in [0.2, 0.25) is 0 Å². The number of aliphatic hydroxyl groups excluding tert-OH is 3. The Labute approximate surface area is 645 Å². The minimum atomic E-state index is -0.485. The molecule has 0 bridgehead atoms. The van der Waals surface area contributed by atoms with E-state index >= 15 is 0 Å². The van der Waals surface area contributed by atoms with Crippen LogP contribution in [-0.4, -0.2) is 159 Å². The Balaban J connectivity index is 0.000000153. The molecule has 2 saturated carbocycles. The van der Waals surface area contributed by atoms with Crippen LogP contribution < -0.4 is 4.74 Å². The molecule has 0 aromatic heterocycles. The molecule has 109 heavy (non-hydrogen) atoms. The minimum absolute atomic E-state index is 0.113. The maximum atomic E-state index is 12.3. The Morgan fingerprint density at radius 2 is 0.771 bits per heavy atom. The summed E-state index contributed by atoms with van der Waals surface area (Å²) in [5.74, 6) is 1.54. The van der Waals surface area contributed by atoms with Gasteiger partial charge in [-0.15, -0.1) is 0 Å². The molecule has 3 aliphatic heterocycles. The Bertz CT molecular complexity index is 4530. The van der Waals surface area contributed by atoms with E-state index in [2.05, 4.69) is 154 Å². The van der Waals surface area contributed by atoms with Crippen molar-refractivity contribution >= 4 is 50.7 Å². The lowest BCUT2D eigenvalue weighted by Gasteiger charge is -2.35. The fourth-order valence-electron chi connectivity index (χ4n) is 15.0. The number of aromatic hydroxyl groups is 3. The molecule has 3 heterocycles. The molecule has 566 valence electrons. The average Bonchev–Trinajstić information content (AvgIpc) is 1.43. The number of hydrogen-bond donors (Lipinski definition) is 6. The number of benzene rings is 9. The Hall–Kier alpha value is -10.1. The summed E-state index contributed by atoms with van der Waals surface area (Å²) in [5, 5.41) is 58.8. The smallest absolute Gasteiger partial charge is 0.410 e.